The molecule has 0 aromatic carbocycles. The highest BCUT2D eigenvalue weighted by Gasteiger charge is 2.22. The lowest BCUT2D eigenvalue weighted by Gasteiger charge is -2.34. The minimum absolute atomic E-state index is 0.0805. The third kappa shape index (κ3) is 6.40. The van der Waals surface area contributed by atoms with Crippen molar-refractivity contribution in [1.82, 2.24) is 20.3 Å². The van der Waals surface area contributed by atoms with E-state index < -0.39 is 0 Å². The maximum atomic E-state index is 12.3. The van der Waals surface area contributed by atoms with Crippen LogP contribution in [0.2, 0.25) is 0 Å². The summed E-state index contributed by atoms with van der Waals surface area (Å²) >= 11 is 1.48. The average molecular weight is 420 g/mol. The molecular formula is C19H25N5O4S. The number of carbonyl (C=O) groups is 3. The Hall–Kier alpha value is -2.72. The zero-order valence-corrected chi connectivity index (χ0v) is 17.2. The Kier molecular flexibility index (Phi) is 7.36. The van der Waals surface area contributed by atoms with Gasteiger partial charge >= 0.3 is 0 Å². The van der Waals surface area contributed by atoms with Gasteiger partial charge in [-0.25, -0.2) is 0 Å². The summed E-state index contributed by atoms with van der Waals surface area (Å²) in [6.45, 7) is 4.96. The first kappa shape index (κ1) is 21.0. The second kappa shape index (κ2) is 10.2. The molecule has 2 aromatic rings. The van der Waals surface area contributed by atoms with Gasteiger partial charge in [-0.2, -0.15) is 11.3 Å². The smallest absolute Gasteiger partial charge is 0.252 e. The highest BCUT2D eigenvalue weighted by molar-refractivity contribution is 7.08. The molecule has 0 spiro atoms. The van der Waals surface area contributed by atoms with Gasteiger partial charge in [-0.15, -0.1) is 0 Å². The lowest BCUT2D eigenvalue weighted by Crippen LogP contribution is -2.50. The molecule has 0 atom stereocenters. The Balaban J connectivity index is 1.29. The summed E-state index contributed by atoms with van der Waals surface area (Å²) in [4.78, 5) is 40.1. The number of aromatic nitrogens is 1. The number of nitrogens with one attached hydrogen (secondary N) is 2. The van der Waals surface area contributed by atoms with Crippen LogP contribution < -0.4 is 10.6 Å². The standard InChI is InChI=1S/C19H25N5O4S/c1-14-11-16(22-28-14)21-17(25)12-23-6-8-24(9-7-23)18(26)3-2-5-20-19(27)15-4-10-29-13-15/h4,10-11,13H,2-3,5-9,12H2,1H3,(H,20,27)(H,21,22,25). The molecular weight excluding hydrogens is 394 g/mol. The Bertz CT molecular complexity index is 828. The number of piperazine rings is 1. The number of thiophene rings is 1. The van der Waals surface area contributed by atoms with Gasteiger partial charge in [-0.3, -0.25) is 19.3 Å². The highest BCUT2D eigenvalue weighted by Crippen LogP contribution is 2.09. The average Bonchev–Trinajstić information content (AvgIpc) is 3.37. The molecule has 0 unspecified atom stereocenters. The van der Waals surface area contributed by atoms with Gasteiger partial charge in [0.1, 0.15) is 5.76 Å². The van der Waals surface area contributed by atoms with Crippen LogP contribution in [0, 0.1) is 6.92 Å². The van der Waals surface area contributed by atoms with Gasteiger partial charge in [0.15, 0.2) is 5.82 Å². The van der Waals surface area contributed by atoms with Crippen molar-refractivity contribution in [3.8, 4) is 0 Å². The van der Waals surface area contributed by atoms with Crippen molar-refractivity contribution in [3.63, 3.8) is 0 Å². The Labute approximate surface area is 173 Å². The van der Waals surface area contributed by atoms with Crippen molar-refractivity contribution in [2.45, 2.75) is 19.8 Å². The number of nitrogens with zero attached hydrogens (tertiary/aromatic N) is 3. The van der Waals surface area contributed by atoms with E-state index in [2.05, 4.69) is 15.8 Å². The Morgan fingerprint density at radius 1 is 1.24 bits per heavy atom. The molecule has 1 aliphatic rings. The highest BCUT2D eigenvalue weighted by atomic mass is 32.1. The van der Waals surface area contributed by atoms with Crippen LogP contribution in [0.1, 0.15) is 29.0 Å². The zero-order valence-electron chi connectivity index (χ0n) is 16.3. The van der Waals surface area contributed by atoms with Crippen molar-refractivity contribution in [3.05, 3.63) is 34.2 Å². The molecule has 1 aliphatic heterocycles. The number of carbonyl (C=O) groups excluding carboxylic acids is 3. The molecule has 1 fully saturated rings. The minimum Gasteiger partial charge on any atom is -0.360 e. The second-order valence-electron chi connectivity index (χ2n) is 6.90. The zero-order chi connectivity index (χ0) is 20.6. The van der Waals surface area contributed by atoms with Crippen LogP contribution in [0.25, 0.3) is 0 Å². The molecule has 1 saturated heterocycles. The van der Waals surface area contributed by atoms with Crippen LogP contribution in [-0.4, -0.2) is 71.9 Å². The van der Waals surface area contributed by atoms with E-state index in [1.807, 2.05) is 15.2 Å². The van der Waals surface area contributed by atoms with E-state index in [9.17, 15) is 14.4 Å². The third-order valence-corrected chi connectivity index (χ3v) is 5.31. The summed E-state index contributed by atoms with van der Waals surface area (Å²) in [5, 5.41) is 12.9. The normalized spacial score (nSPS) is 14.6. The largest absolute Gasteiger partial charge is 0.360 e. The molecule has 156 valence electrons. The van der Waals surface area contributed by atoms with E-state index >= 15 is 0 Å². The molecule has 9 nitrogen and oxygen atoms in total. The van der Waals surface area contributed by atoms with E-state index in [4.69, 9.17) is 4.52 Å². The fourth-order valence-electron chi connectivity index (χ4n) is 3.06. The molecule has 2 N–H and O–H groups in total. The van der Waals surface area contributed by atoms with Gasteiger partial charge in [0.25, 0.3) is 5.91 Å². The van der Waals surface area contributed by atoms with Crippen molar-refractivity contribution < 1.29 is 18.9 Å². The number of amides is 3. The minimum atomic E-state index is -0.153. The number of hydrogen-bond donors (Lipinski definition) is 2. The van der Waals surface area contributed by atoms with Crippen LogP contribution in [0.15, 0.2) is 27.4 Å². The quantitative estimate of drug-likeness (QED) is 0.625. The maximum Gasteiger partial charge on any atom is 0.252 e. The van der Waals surface area contributed by atoms with Crippen LogP contribution in [0.4, 0.5) is 5.82 Å². The van der Waals surface area contributed by atoms with Crippen molar-refractivity contribution in [2.24, 2.45) is 0 Å². The second-order valence-corrected chi connectivity index (χ2v) is 7.68. The first-order valence-corrected chi connectivity index (χ1v) is 10.5. The Morgan fingerprint density at radius 2 is 2.03 bits per heavy atom. The van der Waals surface area contributed by atoms with E-state index in [1.165, 1.54) is 11.3 Å². The van der Waals surface area contributed by atoms with Gasteiger partial charge in [0, 0.05) is 56.2 Å². The van der Waals surface area contributed by atoms with Crippen molar-refractivity contribution in [1.29, 1.82) is 0 Å². The molecule has 0 bridgehead atoms. The fourth-order valence-corrected chi connectivity index (χ4v) is 3.70. The number of rotatable bonds is 8. The van der Waals surface area contributed by atoms with E-state index in [-0.39, 0.29) is 24.3 Å². The first-order valence-electron chi connectivity index (χ1n) is 9.55. The summed E-state index contributed by atoms with van der Waals surface area (Å²) in [6, 6.07) is 3.44. The third-order valence-electron chi connectivity index (χ3n) is 4.62. The summed E-state index contributed by atoms with van der Waals surface area (Å²) in [5.41, 5.74) is 0.653. The van der Waals surface area contributed by atoms with Crippen LogP contribution in [0.5, 0.6) is 0 Å². The predicted molar refractivity (Wildman–Crippen MR) is 109 cm³/mol. The topological polar surface area (TPSA) is 108 Å². The molecule has 0 saturated carbocycles. The number of hydrogen-bond acceptors (Lipinski definition) is 7. The van der Waals surface area contributed by atoms with E-state index in [0.717, 1.165) is 0 Å². The monoisotopic (exact) mass is 419 g/mol. The lowest BCUT2D eigenvalue weighted by atomic mass is 10.2. The SMILES string of the molecule is Cc1cc(NC(=O)CN2CCN(C(=O)CCCNC(=O)c3ccsc3)CC2)no1. The maximum absolute atomic E-state index is 12.3. The van der Waals surface area contributed by atoms with Crippen molar-refractivity contribution >= 4 is 34.9 Å². The summed E-state index contributed by atoms with van der Waals surface area (Å²) in [5.74, 6) is 0.869. The van der Waals surface area contributed by atoms with Crippen molar-refractivity contribution in [2.75, 3.05) is 44.6 Å². The lowest BCUT2D eigenvalue weighted by molar-refractivity contribution is -0.133. The van der Waals surface area contributed by atoms with Crippen LogP contribution >= 0.6 is 11.3 Å². The molecule has 0 radical (unpaired) electrons. The molecule has 10 heteroatoms. The number of aryl methyl sites for hydroxylation is 1. The molecule has 0 aliphatic carbocycles. The first-order chi connectivity index (χ1) is 14.0. The Morgan fingerprint density at radius 3 is 2.69 bits per heavy atom. The summed E-state index contributed by atoms with van der Waals surface area (Å²) in [7, 11) is 0. The van der Waals surface area contributed by atoms with E-state index in [0.29, 0.717) is 62.7 Å². The van der Waals surface area contributed by atoms with Gasteiger partial charge in [-0.1, -0.05) is 5.16 Å². The fraction of sp³-hybridized carbons (Fsp3) is 0.474. The van der Waals surface area contributed by atoms with E-state index in [1.54, 1.807) is 24.4 Å². The van der Waals surface area contributed by atoms with Gasteiger partial charge < -0.3 is 20.1 Å². The summed E-state index contributed by atoms with van der Waals surface area (Å²) < 4.78 is 4.92. The number of anilines is 1. The van der Waals surface area contributed by atoms with Crippen LogP contribution in [-0.2, 0) is 9.59 Å². The molecule has 3 rings (SSSR count). The predicted octanol–water partition coefficient (Wildman–Crippen LogP) is 1.34. The van der Waals surface area contributed by atoms with Crippen LogP contribution in [0.3, 0.4) is 0 Å². The molecule has 2 aromatic heterocycles. The molecule has 29 heavy (non-hydrogen) atoms. The molecule has 3 amide bonds. The van der Waals surface area contributed by atoms with Gasteiger partial charge in [0.05, 0.1) is 6.54 Å². The summed E-state index contributed by atoms with van der Waals surface area (Å²) in [6.07, 6.45) is 1.00. The van der Waals surface area contributed by atoms with Gasteiger partial charge in [-0.05, 0) is 24.8 Å². The molecule has 3 heterocycles. The van der Waals surface area contributed by atoms with Gasteiger partial charge in [0.2, 0.25) is 11.8 Å².